The van der Waals surface area contributed by atoms with Crippen molar-refractivity contribution in [3.05, 3.63) is 85.1 Å². The Hall–Kier alpha value is -2.83. The summed E-state index contributed by atoms with van der Waals surface area (Å²) in [6.45, 7) is 2.65. The molecule has 2 aliphatic rings. The Balaban J connectivity index is 1.67. The highest BCUT2D eigenvalue weighted by atomic mass is 16.7. The lowest BCUT2D eigenvalue weighted by atomic mass is 9.97. The van der Waals surface area contributed by atoms with Crippen LogP contribution in [0.1, 0.15) is 206 Å². The molecule has 2 rings (SSSR count). The fourth-order valence-corrected chi connectivity index (χ4v) is 9.29. The third-order valence-corrected chi connectivity index (χ3v) is 14.1. The van der Waals surface area contributed by atoms with Crippen molar-refractivity contribution < 1.29 is 64.6 Å². The molecule has 2 saturated heterocycles. The van der Waals surface area contributed by atoms with Crippen LogP contribution in [0.3, 0.4) is 0 Å². The van der Waals surface area contributed by atoms with E-state index in [1.807, 2.05) is 6.08 Å². The monoisotopic (exact) mass is 1070 g/mol. The SMILES string of the molecule is CC/C=C\C/C=C\C/C=C\C/C=C\C/C=C\C/C=C\CCCCCCCCCCCCCCC(=O)NC(COC1OC(CO)C(OC2OC(CO)C(O)C(O)C2O)C(O)C1O)C(O)/C=C/CCCCCCCCCCC. The fourth-order valence-electron chi connectivity index (χ4n) is 9.29. The number of hydrogen-bond donors (Lipinski definition) is 9. The van der Waals surface area contributed by atoms with Crippen molar-refractivity contribution in [1.29, 1.82) is 0 Å². The van der Waals surface area contributed by atoms with E-state index in [0.29, 0.717) is 6.42 Å². The summed E-state index contributed by atoms with van der Waals surface area (Å²) < 4.78 is 22.7. The van der Waals surface area contributed by atoms with Gasteiger partial charge >= 0.3 is 0 Å². The van der Waals surface area contributed by atoms with Gasteiger partial charge in [-0.15, -0.1) is 0 Å². The molecule has 12 unspecified atom stereocenters. The summed E-state index contributed by atoms with van der Waals surface area (Å²) in [6.07, 6.45) is 46.3. The molecular formula is C62H107NO13. The van der Waals surface area contributed by atoms with E-state index in [9.17, 15) is 45.6 Å². The molecular weight excluding hydrogens is 967 g/mol. The van der Waals surface area contributed by atoms with E-state index in [2.05, 4.69) is 92.1 Å². The van der Waals surface area contributed by atoms with Gasteiger partial charge in [-0.2, -0.15) is 0 Å². The van der Waals surface area contributed by atoms with Gasteiger partial charge in [-0.1, -0.05) is 214 Å². The molecule has 0 aromatic carbocycles. The van der Waals surface area contributed by atoms with Gasteiger partial charge in [0.15, 0.2) is 12.6 Å². The molecule has 438 valence electrons. The van der Waals surface area contributed by atoms with E-state index in [1.54, 1.807) is 6.08 Å². The van der Waals surface area contributed by atoms with Gasteiger partial charge in [-0.3, -0.25) is 4.79 Å². The van der Waals surface area contributed by atoms with Crippen LogP contribution in [0.15, 0.2) is 85.1 Å². The van der Waals surface area contributed by atoms with Crippen molar-refractivity contribution in [2.45, 2.75) is 280 Å². The first kappa shape index (κ1) is 69.3. The van der Waals surface area contributed by atoms with Crippen molar-refractivity contribution in [2.75, 3.05) is 19.8 Å². The van der Waals surface area contributed by atoms with Crippen LogP contribution < -0.4 is 5.32 Å². The van der Waals surface area contributed by atoms with Gasteiger partial charge in [0.05, 0.1) is 32.0 Å². The molecule has 14 heteroatoms. The van der Waals surface area contributed by atoms with Crippen molar-refractivity contribution >= 4 is 5.91 Å². The molecule has 2 heterocycles. The molecule has 12 atom stereocenters. The zero-order valence-corrected chi connectivity index (χ0v) is 47.0. The van der Waals surface area contributed by atoms with E-state index in [1.165, 1.54) is 96.3 Å². The molecule has 0 bridgehead atoms. The first-order valence-corrected chi connectivity index (χ1v) is 29.8. The number of carbonyl (C=O) groups is 1. The van der Waals surface area contributed by atoms with Gasteiger partial charge in [-0.05, 0) is 70.6 Å². The molecule has 0 aliphatic carbocycles. The van der Waals surface area contributed by atoms with Gasteiger partial charge in [-0.25, -0.2) is 0 Å². The van der Waals surface area contributed by atoms with Gasteiger partial charge in [0.25, 0.3) is 0 Å². The zero-order valence-electron chi connectivity index (χ0n) is 47.0. The highest BCUT2D eigenvalue weighted by molar-refractivity contribution is 5.76. The lowest BCUT2D eigenvalue weighted by Gasteiger charge is -2.46. The Morgan fingerprint density at radius 2 is 0.908 bits per heavy atom. The zero-order chi connectivity index (χ0) is 55.3. The van der Waals surface area contributed by atoms with Crippen LogP contribution in [-0.2, 0) is 23.7 Å². The van der Waals surface area contributed by atoms with Crippen LogP contribution in [0.25, 0.3) is 0 Å². The molecule has 76 heavy (non-hydrogen) atoms. The quantitative estimate of drug-likeness (QED) is 0.0205. The Labute approximate surface area is 459 Å². The molecule has 1 amide bonds. The number of aliphatic hydroxyl groups is 8. The predicted octanol–water partition coefficient (Wildman–Crippen LogP) is 10.1. The van der Waals surface area contributed by atoms with Crippen LogP contribution in [0.4, 0.5) is 0 Å². The molecule has 9 N–H and O–H groups in total. The number of rotatable bonds is 46. The minimum Gasteiger partial charge on any atom is -0.394 e. The maximum absolute atomic E-state index is 13.2. The second kappa shape index (κ2) is 47.0. The Kier molecular flexibility index (Phi) is 42.9. The molecule has 0 aromatic rings. The van der Waals surface area contributed by atoms with Crippen molar-refractivity contribution in [3.63, 3.8) is 0 Å². The normalized spacial score (nSPS) is 25.5. The van der Waals surface area contributed by atoms with E-state index in [-0.39, 0.29) is 18.9 Å². The molecule has 2 aliphatic heterocycles. The Morgan fingerprint density at radius 3 is 1.39 bits per heavy atom. The average molecular weight is 1070 g/mol. The van der Waals surface area contributed by atoms with E-state index < -0.39 is 86.8 Å². The summed E-state index contributed by atoms with van der Waals surface area (Å²) in [5, 5.41) is 86.9. The summed E-state index contributed by atoms with van der Waals surface area (Å²) in [5.74, 6) is -0.247. The number of amides is 1. The van der Waals surface area contributed by atoms with Crippen LogP contribution >= 0.6 is 0 Å². The maximum atomic E-state index is 13.2. The summed E-state index contributed by atoms with van der Waals surface area (Å²) in [5.41, 5.74) is 0. The standard InChI is InChI=1S/C62H107NO13/c1-3-5-7-9-11-13-15-16-17-18-19-20-21-22-23-24-25-26-27-28-29-30-31-32-33-34-36-38-40-42-44-46-54(67)63-50(51(66)45-43-41-39-37-35-14-12-10-8-6-4-2)49-73-61-59(72)57(70)60(53(48-65)75-61)76-62-58(71)56(69)55(68)52(47-64)74-62/h5,7,11,13,16-17,19-20,22-23,25-26,43,45,50-53,55-62,64-66,68-72H,3-4,6,8-10,12,14-15,18,21,24,27-42,44,46-49H2,1-2H3,(H,63,67)/b7-5-,13-11-,17-16-,20-19-,23-22-,26-25-,45-43+. The average Bonchev–Trinajstić information content (AvgIpc) is 3.42. The van der Waals surface area contributed by atoms with Crippen molar-refractivity contribution in [1.82, 2.24) is 5.32 Å². The van der Waals surface area contributed by atoms with Gasteiger partial charge < -0.3 is 65.1 Å². The van der Waals surface area contributed by atoms with Gasteiger partial charge in [0, 0.05) is 6.42 Å². The highest BCUT2D eigenvalue weighted by Gasteiger charge is 2.51. The number of carbonyl (C=O) groups excluding carboxylic acids is 1. The minimum atomic E-state index is -1.79. The molecule has 0 spiro atoms. The predicted molar refractivity (Wildman–Crippen MR) is 304 cm³/mol. The number of ether oxygens (including phenoxy) is 4. The minimum absolute atomic E-state index is 0.247. The first-order valence-electron chi connectivity index (χ1n) is 29.8. The topological polar surface area (TPSA) is 228 Å². The van der Waals surface area contributed by atoms with E-state index in [0.717, 1.165) is 83.5 Å². The first-order chi connectivity index (χ1) is 37.1. The molecule has 2 fully saturated rings. The number of nitrogens with one attached hydrogen (secondary N) is 1. The summed E-state index contributed by atoms with van der Waals surface area (Å²) in [4.78, 5) is 13.2. The van der Waals surface area contributed by atoms with Crippen LogP contribution in [-0.4, -0.2) is 140 Å². The number of hydrogen-bond acceptors (Lipinski definition) is 13. The van der Waals surface area contributed by atoms with Crippen LogP contribution in [0.2, 0.25) is 0 Å². The third-order valence-electron chi connectivity index (χ3n) is 14.1. The maximum Gasteiger partial charge on any atom is 0.220 e. The summed E-state index contributed by atoms with van der Waals surface area (Å²) in [6, 6.07) is -0.918. The molecule has 0 saturated carbocycles. The van der Waals surface area contributed by atoms with E-state index in [4.69, 9.17) is 18.9 Å². The van der Waals surface area contributed by atoms with Gasteiger partial charge in [0.1, 0.15) is 48.8 Å². The number of aliphatic hydroxyl groups excluding tert-OH is 8. The lowest BCUT2D eigenvalue weighted by Crippen LogP contribution is -2.65. The third kappa shape index (κ3) is 32.3. The Bertz CT molecular complexity index is 1600. The van der Waals surface area contributed by atoms with Crippen LogP contribution in [0, 0.1) is 0 Å². The van der Waals surface area contributed by atoms with Crippen molar-refractivity contribution in [3.8, 4) is 0 Å². The molecule has 0 aromatic heterocycles. The van der Waals surface area contributed by atoms with E-state index >= 15 is 0 Å². The highest BCUT2D eigenvalue weighted by Crippen LogP contribution is 2.30. The smallest absolute Gasteiger partial charge is 0.220 e. The number of allylic oxidation sites excluding steroid dienone is 13. The lowest BCUT2D eigenvalue weighted by molar-refractivity contribution is -0.359. The molecule has 14 nitrogen and oxygen atoms in total. The summed E-state index contributed by atoms with van der Waals surface area (Å²) >= 11 is 0. The van der Waals surface area contributed by atoms with Crippen LogP contribution in [0.5, 0.6) is 0 Å². The fraction of sp³-hybridized carbons (Fsp3) is 0.758. The number of unbranched alkanes of at least 4 members (excludes halogenated alkanes) is 21. The molecule has 0 radical (unpaired) electrons. The largest absolute Gasteiger partial charge is 0.394 e. The van der Waals surface area contributed by atoms with Crippen molar-refractivity contribution in [2.24, 2.45) is 0 Å². The van der Waals surface area contributed by atoms with Gasteiger partial charge in [0.2, 0.25) is 5.91 Å². The second-order valence-corrected chi connectivity index (χ2v) is 20.7. The Morgan fingerprint density at radius 1 is 0.487 bits per heavy atom. The second-order valence-electron chi connectivity index (χ2n) is 20.7. The summed E-state index contributed by atoms with van der Waals surface area (Å²) in [7, 11) is 0.